The molecular weight excluding hydrogens is 326 g/mol. The number of hydrogen-bond donors (Lipinski definition) is 0. The Morgan fingerprint density at radius 1 is 0.741 bits per heavy atom. The van der Waals surface area contributed by atoms with Crippen molar-refractivity contribution in [3.63, 3.8) is 0 Å². The van der Waals surface area contributed by atoms with Gasteiger partial charge in [0, 0.05) is 6.20 Å². The second kappa shape index (κ2) is 56.3. The quantitative estimate of drug-likeness (QED) is 0.308. The molecule has 0 aliphatic carbocycles. The molecule has 1 nitrogen and oxygen atoms in total. The topological polar surface area (TPSA) is 12.4 Å². The van der Waals surface area contributed by atoms with Crippen molar-refractivity contribution < 1.29 is 0 Å². The summed E-state index contributed by atoms with van der Waals surface area (Å²) in [6, 6.07) is 0. The van der Waals surface area contributed by atoms with Gasteiger partial charge in [0.1, 0.15) is 0 Å². The summed E-state index contributed by atoms with van der Waals surface area (Å²) < 4.78 is 0. The molecule has 0 unspecified atom stereocenters. The first-order valence-electron chi connectivity index (χ1n) is 11.0. The van der Waals surface area contributed by atoms with Crippen LogP contribution in [-0.2, 0) is 0 Å². The first-order valence-corrected chi connectivity index (χ1v) is 11.0. The van der Waals surface area contributed by atoms with Crippen molar-refractivity contribution >= 4 is 5.71 Å². The largest absolute Gasteiger partial charge is 0.257 e. The summed E-state index contributed by atoms with van der Waals surface area (Å²) in [7, 11) is 0. The third kappa shape index (κ3) is 45.5. The standard InChI is InChI=1S/C16H23N.5C2H6/c1-5-8-9-10-11-13-15(4)16(12-6-2)17-14-7-3;5*1-2/h5-7,9-10,12-14H,1,8,11H2,2-4H3;5*1-2H3/b10-9?,12-6?,14-7-,15-13+,17-16-;;;;;. The second-order valence-electron chi connectivity index (χ2n) is 3.62. The zero-order valence-corrected chi connectivity index (χ0v) is 21.2. The van der Waals surface area contributed by atoms with Gasteiger partial charge in [0.05, 0.1) is 5.71 Å². The van der Waals surface area contributed by atoms with Gasteiger partial charge in [-0.25, -0.2) is 0 Å². The average molecular weight is 380 g/mol. The number of rotatable bonds is 7. The van der Waals surface area contributed by atoms with Crippen molar-refractivity contribution in [1.29, 1.82) is 0 Å². The van der Waals surface area contributed by atoms with Gasteiger partial charge in [-0.3, -0.25) is 4.99 Å². The van der Waals surface area contributed by atoms with Crippen LogP contribution in [0.5, 0.6) is 0 Å². The van der Waals surface area contributed by atoms with Gasteiger partial charge in [0.25, 0.3) is 0 Å². The zero-order chi connectivity index (χ0) is 22.9. The minimum atomic E-state index is 0.932. The van der Waals surface area contributed by atoms with Crippen molar-refractivity contribution in [3.8, 4) is 0 Å². The van der Waals surface area contributed by atoms with Gasteiger partial charge in [-0.05, 0) is 45.3 Å². The third-order valence-corrected chi connectivity index (χ3v) is 2.12. The van der Waals surface area contributed by atoms with E-state index in [2.05, 4.69) is 36.7 Å². The maximum Gasteiger partial charge on any atom is 0.0652 e. The van der Waals surface area contributed by atoms with E-state index in [9.17, 15) is 0 Å². The molecule has 0 fully saturated rings. The minimum absolute atomic E-state index is 0.932. The Bertz CT molecular complexity index is 352. The summed E-state index contributed by atoms with van der Waals surface area (Å²) in [6.07, 6.45) is 18.0. The first-order chi connectivity index (χ1) is 13.3. The summed E-state index contributed by atoms with van der Waals surface area (Å²) in [4.78, 5) is 4.39. The highest BCUT2D eigenvalue weighted by atomic mass is 14.7. The molecule has 0 rings (SSSR count). The molecule has 0 aromatic carbocycles. The van der Waals surface area contributed by atoms with Gasteiger partial charge in [-0.15, -0.1) is 6.58 Å². The summed E-state index contributed by atoms with van der Waals surface area (Å²) >= 11 is 0. The van der Waals surface area contributed by atoms with Crippen molar-refractivity contribution in [3.05, 3.63) is 60.9 Å². The van der Waals surface area contributed by atoms with Crippen LogP contribution in [0.4, 0.5) is 0 Å². The molecule has 0 aliphatic heterocycles. The predicted molar refractivity (Wildman–Crippen MR) is 136 cm³/mol. The summed E-state index contributed by atoms with van der Waals surface area (Å²) in [5.41, 5.74) is 2.21. The van der Waals surface area contributed by atoms with Crippen LogP contribution in [0.1, 0.15) is 103 Å². The normalized spacial score (nSPS) is 10.1. The van der Waals surface area contributed by atoms with Crippen LogP contribution in [0, 0.1) is 0 Å². The fourth-order valence-corrected chi connectivity index (χ4v) is 1.23. The lowest BCUT2D eigenvalue weighted by molar-refractivity contribution is 1.29. The van der Waals surface area contributed by atoms with E-state index in [1.165, 1.54) is 5.57 Å². The molecule has 0 N–H and O–H groups in total. The van der Waals surface area contributed by atoms with Crippen LogP contribution in [0.2, 0.25) is 0 Å². The van der Waals surface area contributed by atoms with E-state index in [-0.39, 0.29) is 0 Å². The summed E-state index contributed by atoms with van der Waals surface area (Å²) in [6.45, 7) is 29.7. The van der Waals surface area contributed by atoms with Gasteiger partial charge in [0.15, 0.2) is 0 Å². The number of allylic oxidation sites excluding steroid dienone is 8. The third-order valence-electron chi connectivity index (χ3n) is 2.12. The Balaban J connectivity index is -0.0000000945. The van der Waals surface area contributed by atoms with E-state index in [1.54, 1.807) is 0 Å². The Hall–Kier alpha value is -1.63. The van der Waals surface area contributed by atoms with E-state index in [1.807, 2.05) is 114 Å². The summed E-state index contributed by atoms with van der Waals surface area (Å²) in [5.74, 6) is 0. The average Bonchev–Trinajstić information content (AvgIpc) is 2.78. The molecule has 0 aromatic rings. The van der Waals surface area contributed by atoms with E-state index < -0.39 is 0 Å². The van der Waals surface area contributed by atoms with Gasteiger partial charge in [-0.1, -0.05) is 106 Å². The highest BCUT2D eigenvalue weighted by molar-refractivity contribution is 6.08. The molecule has 1 heteroatoms. The van der Waals surface area contributed by atoms with Crippen LogP contribution in [0.25, 0.3) is 0 Å². The Labute approximate surface area is 174 Å². The molecule has 0 bridgehead atoms. The molecular formula is C26H53N. The van der Waals surface area contributed by atoms with Gasteiger partial charge >= 0.3 is 0 Å². The van der Waals surface area contributed by atoms with Crippen LogP contribution in [-0.4, -0.2) is 5.71 Å². The van der Waals surface area contributed by atoms with Crippen LogP contribution in [0.15, 0.2) is 65.9 Å². The number of nitrogens with zero attached hydrogens (tertiary/aromatic N) is 1. The maximum atomic E-state index is 4.39. The minimum Gasteiger partial charge on any atom is -0.257 e. The number of aliphatic imine (C=N–C) groups is 1. The Morgan fingerprint density at radius 2 is 1.19 bits per heavy atom. The molecule has 0 radical (unpaired) electrons. The Morgan fingerprint density at radius 3 is 1.56 bits per heavy atom. The monoisotopic (exact) mass is 379 g/mol. The van der Waals surface area contributed by atoms with E-state index in [0.717, 1.165) is 18.6 Å². The fraction of sp³-hybridized carbons (Fsp3) is 0.577. The van der Waals surface area contributed by atoms with Crippen molar-refractivity contribution in [2.75, 3.05) is 0 Å². The molecule has 0 heterocycles. The fourth-order valence-electron chi connectivity index (χ4n) is 1.23. The highest BCUT2D eigenvalue weighted by Gasteiger charge is 1.94. The molecule has 0 aromatic heterocycles. The van der Waals surface area contributed by atoms with Crippen molar-refractivity contribution in [2.24, 2.45) is 4.99 Å². The molecule has 0 amide bonds. The van der Waals surface area contributed by atoms with Crippen LogP contribution >= 0.6 is 0 Å². The first kappa shape index (κ1) is 40.2. The van der Waals surface area contributed by atoms with E-state index >= 15 is 0 Å². The molecule has 162 valence electrons. The molecule has 27 heavy (non-hydrogen) atoms. The van der Waals surface area contributed by atoms with Gasteiger partial charge in [0.2, 0.25) is 0 Å². The molecule has 0 saturated carbocycles. The predicted octanol–water partition coefficient (Wildman–Crippen LogP) is 10.1. The SMILES string of the molecule is C=CCC=CC/C=C(C)/C(C=CC)=N\C=C/C.CC.CC.CC.CC.CC. The lowest BCUT2D eigenvalue weighted by Gasteiger charge is -1.99. The van der Waals surface area contributed by atoms with Crippen molar-refractivity contribution in [2.45, 2.75) is 103 Å². The molecule has 0 aliphatic rings. The van der Waals surface area contributed by atoms with Crippen LogP contribution in [0.3, 0.4) is 0 Å². The molecule has 0 atom stereocenters. The van der Waals surface area contributed by atoms with Crippen molar-refractivity contribution in [1.82, 2.24) is 0 Å². The smallest absolute Gasteiger partial charge is 0.0652 e. The van der Waals surface area contributed by atoms with Crippen LogP contribution < -0.4 is 0 Å². The lowest BCUT2D eigenvalue weighted by Crippen LogP contribution is -1.94. The zero-order valence-electron chi connectivity index (χ0n) is 21.2. The summed E-state index contributed by atoms with van der Waals surface area (Å²) in [5, 5.41) is 0. The molecule has 0 spiro atoms. The molecule has 0 saturated heterocycles. The number of hydrogen-bond acceptors (Lipinski definition) is 1. The maximum absolute atomic E-state index is 4.39. The van der Waals surface area contributed by atoms with Gasteiger partial charge in [-0.2, -0.15) is 0 Å². The lowest BCUT2D eigenvalue weighted by atomic mass is 10.1. The van der Waals surface area contributed by atoms with Gasteiger partial charge < -0.3 is 0 Å². The van der Waals surface area contributed by atoms with E-state index in [0.29, 0.717) is 0 Å². The second-order valence-corrected chi connectivity index (χ2v) is 3.62. The highest BCUT2D eigenvalue weighted by Crippen LogP contribution is 2.03. The van der Waals surface area contributed by atoms with E-state index in [4.69, 9.17) is 0 Å². The Kier molecular flexibility index (Phi) is 83.8.